The molecule has 1 saturated heterocycles. The molecule has 1 amide bonds. The van der Waals surface area contributed by atoms with Crippen LogP contribution in [0.25, 0.3) is 11.4 Å². The van der Waals surface area contributed by atoms with Gasteiger partial charge in [-0.1, -0.05) is 48.2 Å². The lowest BCUT2D eigenvalue weighted by Gasteiger charge is -2.26. The number of benzene rings is 2. The fourth-order valence-electron chi connectivity index (χ4n) is 3.59. The maximum Gasteiger partial charge on any atom is 0.234 e. The largest absolute Gasteiger partial charge is 0.325 e. The average Bonchev–Trinajstić information content (AvgIpc) is 3.14. The van der Waals surface area contributed by atoms with Crippen LogP contribution < -0.4 is 5.32 Å². The van der Waals surface area contributed by atoms with E-state index in [0.717, 1.165) is 47.4 Å². The van der Waals surface area contributed by atoms with Gasteiger partial charge in [-0.05, 0) is 30.2 Å². The third kappa shape index (κ3) is 5.70. The Hall–Kier alpha value is -2.29. The molecule has 0 radical (unpaired) electrons. The Morgan fingerprint density at radius 1 is 1.13 bits per heavy atom. The van der Waals surface area contributed by atoms with Gasteiger partial charge < -0.3 is 9.88 Å². The molecule has 1 fully saturated rings. The van der Waals surface area contributed by atoms with Crippen LogP contribution in [0.2, 0.25) is 0 Å². The maximum atomic E-state index is 12.5. The normalized spacial score (nSPS) is 14.5. The molecule has 0 bridgehead atoms. The summed E-state index contributed by atoms with van der Waals surface area (Å²) >= 11 is 3.41. The number of aryl methyl sites for hydroxylation is 1. The van der Waals surface area contributed by atoms with Gasteiger partial charge in [0.05, 0.1) is 5.75 Å². The van der Waals surface area contributed by atoms with Crippen LogP contribution in [0.4, 0.5) is 5.69 Å². The first-order valence-corrected chi connectivity index (χ1v) is 12.5. The number of hydrogen-bond acceptors (Lipinski definition) is 6. The van der Waals surface area contributed by atoms with E-state index in [2.05, 4.69) is 45.5 Å². The van der Waals surface area contributed by atoms with Crippen LogP contribution in [-0.4, -0.2) is 55.9 Å². The molecule has 1 N–H and O–H groups in total. The van der Waals surface area contributed by atoms with Crippen LogP contribution >= 0.6 is 23.5 Å². The van der Waals surface area contributed by atoms with Gasteiger partial charge in [0.15, 0.2) is 11.0 Å². The van der Waals surface area contributed by atoms with E-state index in [-0.39, 0.29) is 11.7 Å². The molecule has 1 aliphatic rings. The summed E-state index contributed by atoms with van der Waals surface area (Å²) in [7, 11) is 1.94. The third-order valence-corrected chi connectivity index (χ3v) is 7.24. The second-order valence-corrected chi connectivity index (χ2v) is 9.77. The molecule has 2 heterocycles. The van der Waals surface area contributed by atoms with Gasteiger partial charge in [0.25, 0.3) is 0 Å². The minimum Gasteiger partial charge on any atom is -0.325 e. The zero-order valence-corrected chi connectivity index (χ0v) is 19.5. The second kappa shape index (κ2) is 10.3. The Morgan fingerprint density at radius 2 is 1.94 bits per heavy atom. The summed E-state index contributed by atoms with van der Waals surface area (Å²) in [5.41, 5.74) is 4.27. The molecule has 6 nitrogen and oxygen atoms in total. The fourth-order valence-corrected chi connectivity index (χ4v) is 5.28. The lowest BCUT2D eigenvalue weighted by atomic mass is 10.1. The summed E-state index contributed by atoms with van der Waals surface area (Å²) in [6.45, 7) is 5.24. The highest BCUT2D eigenvalue weighted by molar-refractivity contribution is 7.99. The standard InChI is InChI=1S/C23H27N5OS2/c1-17-6-3-4-9-20(17)22-25-26-23(27(22)2)31-16-21(29)24-19-8-5-7-18(14-19)15-28-10-12-30-13-11-28/h3-9,14H,10-13,15-16H2,1-2H3,(H,24,29). The van der Waals surface area contributed by atoms with E-state index in [1.807, 2.05) is 53.7 Å². The Bertz CT molecular complexity index is 1050. The van der Waals surface area contributed by atoms with Crippen LogP contribution in [0.3, 0.4) is 0 Å². The molecule has 162 valence electrons. The van der Waals surface area contributed by atoms with Gasteiger partial charge in [-0.3, -0.25) is 9.69 Å². The summed E-state index contributed by atoms with van der Waals surface area (Å²) in [6, 6.07) is 16.2. The Kier molecular flexibility index (Phi) is 7.32. The summed E-state index contributed by atoms with van der Waals surface area (Å²) in [5, 5.41) is 12.4. The number of nitrogens with one attached hydrogen (secondary N) is 1. The minimum atomic E-state index is -0.0445. The molecule has 0 saturated carbocycles. The van der Waals surface area contributed by atoms with Crippen molar-refractivity contribution in [2.24, 2.45) is 7.05 Å². The second-order valence-electron chi connectivity index (χ2n) is 7.61. The summed E-state index contributed by atoms with van der Waals surface area (Å²) in [6.07, 6.45) is 0. The Morgan fingerprint density at radius 3 is 2.74 bits per heavy atom. The lowest BCUT2D eigenvalue weighted by molar-refractivity contribution is -0.113. The van der Waals surface area contributed by atoms with Gasteiger partial charge in [-0.25, -0.2) is 0 Å². The van der Waals surface area contributed by atoms with Crippen molar-refractivity contribution < 1.29 is 4.79 Å². The highest BCUT2D eigenvalue weighted by Crippen LogP contribution is 2.25. The predicted octanol–water partition coefficient (Wildman–Crippen LogP) is 4.07. The number of aromatic nitrogens is 3. The number of carbonyl (C=O) groups is 1. The first-order valence-electron chi connectivity index (χ1n) is 10.4. The van der Waals surface area contributed by atoms with Crippen molar-refractivity contribution >= 4 is 35.1 Å². The van der Waals surface area contributed by atoms with Gasteiger partial charge in [0, 0.05) is 49.4 Å². The molecule has 8 heteroatoms. The van der Waals surface area contributed by atoms with Crippen molar-refractivity contribution in [2.45, 2.75) is 18.6 Å². The number of nitrogens with zero attached hydrogens (tertiary/aromatic N) is 4. The number of hydrogen-bond donors (Lipinski definition) is 1. The zero-order valence-electron chi connectivity index (χ0n) is 17.9. The Labute approximate surface area is 191 Å². The molecule has 31 heavy (non-hydrogen) atoms. The smallest absolute Gasteiger partial charge is 0.234 e. The van der Waals surface area contributed by atoms with Crippen LogP contribution in [0, 0.1) is 6.92 Å². The number of carbonyl (C=O) groups excluding carboxylic acids is 1. The van der Waals surface area contributed by atoms with Crippen molar-refractivity contribution in [2.75, 3.05) is 35.7 Å². The molecular weight excluding hydrogens is 426 g/mol. The molecule has 0 aliphatic carbocycles. The summed E-state index contributed by atoms with van der Waals surface area (Å²) in [5.74, 6) is 3.44. The van der Waals surface area contributed by atoms with E-state index in [9.17, 15) is 4.79 Å². The van der Waals surface area contributed by atoms with Crippen LogP contribution in [0.1, 0.15) is 11.1 Å². The first-order chi connectivity index (χ1) is 15.1. The molecule has 3 aromatic rings. The van der Waals surface area contributed by atoms with Crippen LogP contribution in [-0.2, 0) is 18.4 Å². The van der Waals surface area contributed by atoms with E-state index in [1.165, 1.54) is 28.8 Å². The number of anilines is 1. The van der Waals surface area contributed by atoms with Gasteiger partial charge in [-0.15, -0.1) is 10.2 Å². The molecule has 2 aromatic carbocycles. The molecule has 1 aromatic heterocycles. The van der Waals surface area contributed by atoms with Crippen molar-refractivity contribution in [3.05, 3.63) is 59.7 Å². The summed E-state index contributed by atoms with van der Waals surface area (Å²) < 4.78 is 1.94. The number of thioether (sulfide) groups is 2. The van der Waals surface area contributed by atoms with E-state index in [0.29, 0.717) is 0 Å². The van der Waals surface area contributed by atoms with Gasteiger partial charge in [0.1, 0.15) is 0 Å². The van der Waals surface area contributed by atoms with Gasteiger partial charge in [-0.2, -0.15) is 11.8 Å². The molecule has 0 spiro atoms. The summed E-state index contributed by atoms with van der Waals surface area (Å²) in [4.78, 5) is 15.0. The highest BCUT2D eigenvalue weighted by Gasteiger charge is 2.15. The first kappa shape index (κ1) is 21.9. The monoisotopic (exact) mass is 453 g/mol. The van der Waals surface area contributed by atoms with Crippen molar-refractivity contribution in [1.82, 2.24) is 19.7 Å². The molecule has 0 unspecified atom stereocenters. The predicted molar refractivity (Wildman–Crippen MR) is 130 cm³/mol. The fraction of sp³-hybridized carbons (Fsp3) is 0.348. The third-order valence-electron chi connectivity index (χ3n) is 5.27. The van der Waals surface area contributed by atoms with Crippen LogP contribution in [0.15, 0.2) is 53.7 Å². The minimum absolute atomic E-state index is 0.0445. The maximum absolute atomic E-state index is 12.5. The molecule has 0 atom stereocenters. The van der Waals surface area contributed by atoms with E-state index >= 15 is 0 Å². The Balaban J connectivity index is 1.34. The molecule has 1 aliphatic heterocycles. The lowest BCUT2D eigenvalue weighted by Crippen LogP contribution is -2.31. The number of amides is 1. The van der Waals surface area contributed by atoms with Crippen molar-refractivity contribution in [3.63, 3.8) is 0 Å². The van der Waals surface area contributed by atoms with E-state index in [1.54, 1.807) is 0 Å². The quantitative estimate of drug-likeness (QED) is 0.544. The van der Waals surface area contributed by atoms with E-state index < -0.39 is 0 Å². The van der Waals surface area contributed by atoms with Crippen molar-refractivity contribution in [3.8, 4) is 11.4 Å². The SMILES string of the molecule is Cc1ccccc1-c1nnc(SCC(=O)Nc2cccc(CN3CCSCC3)c2)n1C. The van der Waals surface area contributed by atoms with Gasteiger partial charge in [0.2, 0.25) is 5.91 Å². The van der Waals surface area contributed by atoms with Crippen LogP contribution in [0.5, 0.6) is 0 Å². The number of rotatable bonds is 7. The average molecular weight is 454 g/mol. The molecular formula is C23H27N5OS2. The van der Waals surface area contributed by atoms with Crippen molar-refractivity contribution in [1.29, 1.82) is 0 Å². The highest BCUT2D eigenvalue weighted by atomic mass is 32.2. The zero-order chi connectivity index (χ0) is 21.6. The van der Waals surface area contributed by atoms with E-state index in [4.69, 9.17) is 0 Å². The van der Waals surface area contributed by atoms with Gasteiger partial charge >= 0.3 is 0 Å². The molecule has 4 rings (SSSR count). The topological polar surface area (TPSA) is 63.1 Å².